The van der Waals surface area contributed by atoms with E-state index in [0.717, 1.165) is 4.40 Å². The first-order valence-corrected chi connectivity index (χ1v) is 7.72. The van der Waals surface area contributed by atoms with Crippen LogP contribution in [0.25, 0.3) is 16.9 Å². The van der Waals surface area contributed by atoms with Gasteiger partial charge in [0.1, 0.15) is 16.9 Å². The third-order valence-corrected chi connectivity index (χ3v) is 3.79. The van der Waals surface area contributed by atoms with Crippen molar-refractivity contribution < 1.29 is 14.8 Å². The molecule has 0 aliphatic rings. The molecule has 2 N–H and O–H groups in total. The van der Waals surface area contributed by atoms with Gasteiger partial charge < -0.3 is 10.4 Å². The molecule has 2 heterocycles. The number of rotatable bonds is 5. The number of nitrogens with one attached hydrogen (secondary N) is 1. The number of hydrogen-bond donors (Lipinski definition) is 2. The minimum atomic E-state index is -1.50. The van der Waals surface area contributed by atoms with Crippen molar-refractivity contribution in [2.75, 3.05) is 11.9 Å². The van der Waals surface area contributed by atoms with Gasteiger partial charge in [-0.2, -0.15) is 0 Å². The predicted octanol–water partition coefficient (Wildman–Crippen LogP) is 2.40. The molecule has 0 spiro atoms. The zero-order valence-electron chi connectivity index (χ0n) is 13.7. The number of nitro groups is 1. The van der Waals surface area contributed by atoms with Gasteiger partial charge in [0.2, 0.25) is 0 Å². The number of benzene rings is 1. The molecular formula is C17H14N4O5. The number of hydrogen-bond acceptors (Lipinski definition) is 6. The Hall–Kier alpha value is -3.75. The quantitative estimate of drug-likeness (QED) is 0.532. The normalized spacial score (nSPS) is 10.7. The van der Waals surface area contributed by atoms with Gasteiger partial charge in [0.25, 0.3) is 11.2 Å². The first-order chi connectivity index (χ1) is 12.5. The lowest BCUT2D eigenvalue weighted by molar-refractivity contribution is -0.384. The first kappa shape index (κ1) is 17.1. The van der Waals surface area contributed by atoms with E-state index in [1.165, 1.54) is 24.4 Å². The summed E-state index contributed by atoms with van der Waals surface area (Å²) in [7, 11) is 0. The van der Waals surface area contributed by atoms with E-state index in [-0.39, 0.29) is 22.6 Å². The Morgan fingerprint density at radius 3 is 2.73 bits per heavy atom. The molecule has 2 aromatic heterocycles. The molecule has 0 amide bonds. The molecule has 3 rings (SSSR count). The van der Waals surface area contributed by atoms with Crippen molar-refractivity contribution in [2.24, 2.45) is 0 Å². The van der Waals surface area contributed by atoms with E-state index in [4.69, 9.17) is 0 Å². The molecule has 0 fully saturated rings. The Labute approximate surface area is 146 Å². The predicted molar refractivity (Wildman–Crippen MR) is 94.7 cm³/mol. The number of nitrogens with zero attached hydrogens (tertiary/aromatic N) is 3. The third kappa shape index (κ3) is 2.75. The molecule has 0 bridgehead atoms. The smallest absolute Gasteiger partial charge is 0.343 e. The van der Waals surface area contributed by atoms with E-state index in [1.54, 1.807) is 25.1 Å². The number of carboxylic acids is 1. The van der Waals surface area contributed by atoms with E-state index in [9.17, 15) is 24.8 Å². The highest BCUT2D eigenvalue weighted by molar-refractivity contribution is 5.99. The maximum absolute atomic E-state index is 12.7. The number of aromatic nitrogens is 2. The molecule has 132 valence electrons. The summed E-state index contributed by atoms with van der Waals surface area (Å²) in [6.45, 7) is 2.24. The second-order valence-corrected chi connectivity index (χ2v) is 5.36. The molecule has 0 atom stereocenters. The van der Waals surface area contributed by atoms with Crippen LogP contribution in [0.3, 0.4) is 0 Å². The summed E-state index contributed by atoms with van der Waals surface area (Å²) < 4.78 is 1.09. The van der Waals surface area contributed by atoms with Gasteiger partial charge >= 0.3 is 5.97 Å². The number of pyridine rings is 1. The van der Waals surface area contributed by atoms with Crippen LogP contribution in [0.2, 0.25) is 0 Å². The molecule has 1 aromatic carbocycles. The van der Waals surface area contributed by atoms with Crippen LogP contribution in [-0.2, 0) is 0 Å². The second kappa shape index (κ2) is 6.63. The zero-order chi connectivity index (χ0) is 18.8. The highest BCUT2D eigenvalue weighted by Gasteiger charge is 2.28. The lowest BCUT2D eigenvalue weighted by Crippen LogP contribution is -2.25. The monoisotopic (exact) mass is 354 g/mol. The van der Waals surface area contributed by atoms with Gasteiger partial charge in [-0.1, -0.05) is 12.1 Å². The standard InChI is InChI=1S/C17H14N4O5/c1-2-18-10-6-5-7-11(21(25)26)13(10)15-14(17(23)24)16(22)20-9-4-3-8-12(20)19-15/h3-9,18H,2H2,1H3,(H,23,24). The van der Waals surface area contributed by atoms with Gasteiger partial charge in [-0.3, -0.25) is 19.3 Å². The van der Waals surface area contributed by atoms with Crippen molar-refractivity contribution in [1.29, 1.82) is 0 Å². The maximum Gasteiger partial charge on any atom is 0.343 e. The van der Waals surface area contributed by atoms with Crippen LogP contribution in [0, 0.1) is 10.1 Å². The molecule has 26 heavy (non-hydrogen) atoms. The number of fused-ring (bicyclic) bond motifs is 1. The minimum Gasteiger partial charge on any atom is -0.477 e. The van der Waals surface area contributed by atoms with Gasteiger partial charge in [-0.15, -0.1) is 0 Å². The number of carboxylic acid groups (broad SMARTS) is 1. The molecule has 0 saturated heterocycles. The summed E-state index contributed by atoms with van der Waals surface area (Å²) >= 11 is 0. The summed E-state index contributed by atoms with van der Waals surface area (Å²) in [6, 6.07) is 9.03. The largest absolute Gasteiger partial charge is 0.477 e. The summed E-state index contributed by atoms with van der Waals surface area (Å²) in [4.78, 5) is 39.6. The van der Waals surface area contributed by atoms with Crippen molar-refractivity contribution in [2.45, 2.75) is 6.92 Å². The lowest BCUT2D eigenvalue weighted by Gasteiger charge is -2.13. The topological polar surface area (TPSA) is 127 Å². The summed E-state index contributed by atoms with van der Waals surface area (Å²) in [5.74, 6) is -1.50. The highest BCUT2D eigenvalue weighted by Crippen LogP contribution is 2.36. The van der Waals surface area contributed by atoms with Crippen LogP contribution in [-0.4, -0.2) is 31.9 Å². The summed E-state index contributed by atoms with van der Waals surface area (Å²) in [6.07, 6.45) is 1.39. The average Bonchev–Trinajstić information content (AvgIpc) is 2.61. The van der Waals surface area contributed by atoms with E-state index in [0.29, 0.717) is 12.2 Å². The molecule has 9 nitrogen and oxygen atoms in total. The van der Waals surface area contributed by atoms with Crippen LogP contribution in [0.1, 0.15) is 17.3 Å². The van der Waals surface area contributed by atoms with Crippen molar-refractivity contribution in [3.05, 3.63) is 68.6 Å². The summed E-state index contributed by atoms with van der Waals surface area (Å²) in [5, 5.41) is 24.0. The van der Waals surface area contributed by atoms with Crippen molar-refractivity contribution >= 4 is 23.0 Å². The zero-order valence-corrected chi connectivity index (χ0v) is 13.7. The van der Waals surface area contributed by atoms with Crippen molar-refractivity contribution in [3.63, 3.8) is 0 Å². The number of anilines is 1. The average molecular weight is 354 g/mol. The van der Waals surface area contributed by atoms with Gasteiger partial charge in [0.05, 0.1) is 10.6 Å². The van der Waals surface area contributed by atoms with E-state index in [1.807, 2.05) is 0 Å². The van der Waals surface area contributed by atoms with E-state index >= 15 is 0 Å². The van der Waals surface area contributed by atoms with Crippen molar-refractivity contribution in [1.82, 2.24) is 9.38 Å². The van der Waals surface area contributed by atoms with E-state index in [2.05, 4.69) is 10.3 Å². The molecule has 0 saturated carbocycles. The van der Waals surface area contributed by atoms with Crippen LogP contribution in [0.15, 0.2) is 47.4 Å². The SMILES string of the molecule is CCNc1cccc([N+](=O)[O-])c1-c1nc2ccccn2c(=O)c1C(=O)O. The fraction of sp³-hybridized carbons (Fsp3) is 0.118. The fourth-order valence-electron chi connectivity index (χ4n) is 2.74. The van der Waals surface area contributed by atoms with Crippen LogP contribution >= 0.6 is 0 Å². The van der Waals surface area contributed by atoms with Crippen LogP contribution in [0.4, 0.5) is 11.4 Å². The molecule has 0 unspecified atom stereocenters. The summed E-state index contributed by atoms with van der Waals surface area (Å²) in [5.41, 5.74) is -1.51. The Morgan fingerprint density at radius 1 is 1.31 bits per heavy atom. The molecule has 0 aliphatic carbocycles. The molecule has 0 aliphatic heterocycles. The Morgan fingerprint density at radius 2 is 2.08 bits per heavy atom. The van der Waals surface area contributed by atoms with Crippen LogP contribution < -0.4 is 10.9 Å². The van der Waals surface area contributed by atoms with E-state index < -0.39 is 22.0 Å². The minimum absolute atomic E-state index is 0.0276. The molecule has 3 aromatic rings. The Balaban J connectivity index is 2.50. The third-order valence-electron chi connectivity index (χ3n) is 3.79. The van der Waals surface area contributed by atoms with Crippen LogP contribution in [0.5, 0.6) is 0 Å². The van der Waals surface area contributed by atoms with Gasteiger partial charge in [0, 0.05) is 18.8 Å². The first-order valence-electron chi connectivity index (χ1n) is 7.72. The van der Waals surface area contributed by atoms with Gasteiger partial charge in [-0.25, -0.2) is 9.78 Å². The number of aromatic carboxylic acids is 1. The Bertz CT molecular complexity index is 1090. The molecular weight excluding hydrogens is 340 g/mol. The van der Waals surface area contributed by atoms with Gasteiger partial charge in [-0.05, 0) is 25.1 Å². The number of carbonyl (C=O) groups is 1. The molecule has 9 heteroatoms. The lowest BCUT2D eigenvalue weighted by atomic mass is 10.0. The maximum atomic E-state index is 12.7. The number of nitro benzene ring substituents is 1. The highest BCUT2D eigenvalue weighted by atomic mass is 16.6. The van der Waals surface area contributed by atoms with Crippen molar-refractivity contribution in [3.8, 4) is 11.3 Å². The van der Waals surface area contributed by atoms with Gasteiger partial charge in [0.15, 0.2) is 5.56 Å². The Kier molecular flexibility index (Phi) is 4.36. The fourth-order valence-corrected chi connectivity index (χ4v) is 2.74. The second-order valence-electron chi connectivity index (χ2n) is 5.36. The molecule has 0 radical (unpaired) electrons.